The smallest absolute Gasteiger partial charge is 0.415 e. The van der Waals surface area contributed by atoms with E-state index in [4.69, 9.17) is 9.47 Å². The lowest BCUT2D eigenvalue weighted by molar-refractivity contribution is -0.146. The number of H-pyrrole nitrogens is 1. The molecule has 2 aromatic rings. The van der Waals surface area contributed by atoms with E-state index in [0.29, 0.717) is 11.4 Å². The van der Waals surface area contributed by atoms with Crippen molar-refractivity contribution in [3.05, 3.63) is 48.0 Å². The van der Waals surface area contributed by atoms with Crippen LogP contribution in [0.25, 0.3) is 0 Å². The van der Waals surface area contributed by atoms with E-state index in [0.717, 1.165) is 5.56 Å². The number of imidazole rings is 1. The number of anilines is 1. The number of carbonyl (C=O) groups excluding carboxylic acids is 4. The molecule has 2 rings (SSSR count). The van der Waals surface area contributed by atoms with Crippen LogP contribution in [0.5, 0.6) is 0 Å². The molecule has 1 aromatic heterocycles. The highest BCUT2D eigenvalue weighted by molar-refractivity contribution is 5.99. The van der Waals surface area contributed by atoms with Gasteiger partial charge in [0.25, 0.3) is 0 Å². The van der Waals surface area contributed by atoms with E-state index >= 15 is 0 Å². The molecule has 11 heteroatoms. The van der Waals surface area contributed by atoms with Crippen LogP contribution in [0.1, 0.15) is 52.8 Å². The number of esters is 1. The zero-order valence-corrected chi connectivity index (χ0v) is 23.3. The molecule has 0 aliphatic heterocycles. The molecule has 0 saturated heterocycles. The fourth-order valence-corrected chi connectivity index (χ4v) is 3.62. The summed E-state index contributed by atoms with van der Waals surface area (Å²) in [5, 5.41) is 5.41. The van der Waals surface area contributed by atoms with Gasteiger partial charge < -0.3 is 25.1 Å². The van der Waals surface area contributed by atoms with E-state index in [9.17, 15) is 19.2 Å². The molecule has 0 saturated carbocycles. The van der Waals surface area contributed by atoms with E-state index in [1.165, 1.54) is 24.5 Å². The number of aryl methyl sites for hydroxylation is 1. The van der Waals surface area contributed by atoms with E-state index in [-0.39, 0.29) is 12.3 Å². The molecule has 0 spiro atoms. The number of ether oxygens (including phenoxy) is 2. The summed E-state index contributed by atoms with van der Waals surface area (Å²) in [6, 6.07) is 4.08. The molecule has 1 aromatic carbocycles. The summed E-state index contributed by atoms with van der Waals surface area (Å²) in [5.74, 6) is -2.01. The minimum atomic E-state index is -1.07. The molecular formula is C27H39N5O6. The second-order valence-electron chi connectivity index (χ2n) is 10.5. The number of hydrogen-bond donors (Lipinski definition) is 3. The van der Waals surface area contributed by atoms with Crippen molar-refractivity contribution in [3.8, 4) is 0 Å². The maximum atomic E-state index is 13.5. The third-order valence-corrected chi connectivity index (χ3v) is 5.70. The maximum absolute atomic E-state index is 13.5. The molecule has 38 heavy (non-hydrogen) atoms. The van der Waals surface area contributed by atoms with Crippen LogP contribution in [0.3, 0.4) is 0 Å². The van der Waals surface area contributed by atoms with Crippen LogP contribution in [0.15, 0.2) is 36.8 Å². The van der Waals surface area contributed by atoms with Crippen LogP contribution in [0, 0.1) is 12.8 Å². The van der Waals surface area contributed by atoms with Crippen molar-refractivity contribution in [2.45, 2.75) is 78.6 Å². The number of benzene rings is 1. The Bertz CT molecular complexity index is 1090. The predicted molar refractivity (Wildman–Crippen MR) is 142 cm³/mol. The molecule has 3 N–H and O–H groups in total. The Hall–Kier alpha value is -3.89. The number of rotatable bonds is 10. The zero-order valence-electron chi connectivity index (χ0n) is 23.3. The number of aromatic amines is 1. The first-order valence-electron chi connectivity index (χ1n) is 12.5. The highest BCUT2D eigenvalue weighted by Gasteiger charge is 2.35. The van der Waals surface area contributed by atoms with Gasteiger partial charge in [-0.15, -0.1) is 0 Å². The van der Waals surface area contributed by atoms with Crippen LogP contribution in [-0.2, 0) is 30.3 Å². The van der Waals surface area contributed by atoms with E-state index in [2.05, 4.69) is 20.6 Å². The Kier molecular flexibility index (Phi) is 10.4. The highest BCUT2D eigenvalue weighted by Crippen LogP contribution is 2.22. The van der Waals surface area contributed by atoms with E-state index in [1.807, 2.05) is 19.1 Å². The first kappa shape index (κ1) is 30.3. The average Bonchev–Trinajstić information content (AvgIpc) is 3.34. The number of amides is 3. The van der Waals surface area contributed by atoms with Gasteiger partial charge in [-0.2, -0.15) is 0 Å². The largest absolute Gasteiger partial charge is 0.467 e. The first-order chi connectivity index (χ1) is 17.7. The number of methoxy groups -OCH3 is 1. The molecule has 0 unspecified atom stereocenters. The molecule has 0 aliphatic rings. The summed E-state index contributed by atoms with van der Waals surface area (Å²) >= 11 is 0. The number of nitrogens with one attached hydrogen (secondary N) is 3. The Labute approximate surface area is 223 Å². The molecule has 11 nitrogen and oxygen atoms in total. The van der Waals surface area contributed by atoms with Gasteiger partial charge in [0.2, 0.25) is 11.8 Å². The normalized spacial score (nSPS) is 13.7. The first-order valence-corrected chi connectivity index (χ1v) is 12.5. The van der Waals surface area contributed by atoms with Crippen molar-refractivity contribution < 1.29 is 28.7 Å². The topological polar surface area (TPSA) is 143 Å². The van der Waals surface area contributed by atoms with Crippen LogP contribution in [-0.4, -0.2) is 64.7 Å². The SMILES string of the molecule is COC(=O)[C@@H](NC(=O)[C@H](Cc1cnc[nH]1)NC(=O)[C@H](C)N(C(=O)OC(C)(C)C)c1ccc(C)cc1)C(C)C. The lowest BCUT2D eigenvalue weighted by Crippen LogP contribution is -2.57. The molecule has 1 heterocycles. The Morgan fingerprint density at radius 2 is 1.66 bits per heavy atom. The third kappa shape index (κ3) is 8.60. The van der Waals surface area contributed by atoms with Crippen LogP contribution < -0.4 is 15.5 Å². The van der Waals surface area contributed by atoms with Gasteiger partial charge in [0.15, 0.2) is 0 Å². The fraction of sp³-hybridized carbons (Fsp3) is 0.519. The summed E-state index contributed by atoms with van der Waals surface area (Å²) < 4.78 is 10.4. The third-order valence-electron chi connectivity index (χ3n) is 5.70. The second kappa shape index (κ2) is 13.1. The number of nitrogens with zero attached hydrogens (tertiary/aromatic N) is 2. The van der Waals surface area contributed by atoms with Crippen LogP contribution >= 0.6 is 0 Å². The molecule has 0 radical (unpaired) electrons. The molecule has 3 atom stereocenters. The molecule has 0 aliphatic carbocycles. The fourth-order valence-electron chi connectivity index (χ4n) is 3.62. The minimum Gasteiger partial charge on any atom is -0.467 e. The summed E-state index contributed by atoms with van der Waals surface area (Å²) in [6.45, 7) is 12.2. The summed E-state index contributed by atoms with van der Waals surface area (Å²) in [7, 11) is 1.24. The minimum absolute atomic E-state index is 0.0766. The lowest BCUT2D eigenvalue weighted by atomic mass is 10.0. The average molecular weight is 530 g/mol. The molecule has 3 amide bonds. The predicted octanol–water partition coefficient (Wildman–Crippen LogP) is 2.89. The van der Waals surface area contributed by atoms with Crippen molar-refractivity contribution >= 4 is 29.6 Å². The van der Waals surface area contributed by atoms with Crippen molar-refractivity contribution in [2.75, 3.05) is 12.0 Å². The van der Waals surface area contributed by atoms with Gasteiger partial charge in [-0.25, -0.2) is 14.6 Å². The lowest BCUT2D eigenvalue weighted by Gasteiger charge is -2.32. The summed E-state index contributed by atoms with van der Waals surface area (Å²) in [4.78, 5) is 60.3. The maximum Gasteiger partial charge on any atom is 0.415 e. The van der Waals surface area contributed by atoms with Gasteiger partial charge in [-0.1, -0.05) is 31.5 Å². The van der Waals surface area contributed by atoms with Crippen molar-refractivity contribution in [1.82, 2.24) is 20.6 Å². The van der Waals surface area contributed by atoms with Crippen molar-refractivity contribution in [2.24, 2.45) is 5.92 Å². The number of carbonyl (C=O) groups is 4. The molecule has 208 valence electrons. The summed E-state index contributed by atoms with van der Waals surface area (Å²) in [6.07, 6.45) is 2.37. The molecule has 0 fully saturated rings. The Morgan fingerprint density at radius 3 is 2.16 bits per heavy atom. The van der Waals surface area contributed by atoms with Gasteiger partial charge in [0, 0.05) is 24.0 Å². The van der Waals surface area contributed by atoms with Gasteiger partial charge in [-0.3, -0.25) is 14.5 Å². The Balaban J connectivity index is 2.34. The number of aromatic nitrogens is 2. The van der Waals surface area contributed by atoms with Gasteiger partial charge >= 0.3 is 12.1 Å². The standard InChI is InChI=1S/C27H39N5O6/c1-16(2)22(25(35)37-8)31-24(34)21(13-19-14-28-15-29-19)30-23(33)18(4)32(26(36)38-27(5,6)7)20-11-9-17(3)10-12-20/h9-12,14-16,18,21-22H,13H2,1-8H3,(H,28,29)(H,30,33)(H,31,34)/t18-,21-,22-/m0/s1. The van der Waals surface area contributed by atoms with Crippen molar-refractivity contribution in [3.63, 3.8) is 0 Å². The highest BCUT2D eigenvalue weighted by atomic mass is 16.6. The quantitative estimate of drug-likeness (QED) is 0.402. The zero-order chi connectivity index (χ0) is 28.6. The van der Waals surface area contributed by atoms with E-state index in [1.54, 1.807) is 53.7 Å². The monoisotopic (exact) mass is 529 g/mol. The Morgan fingerprint density at radius 1 is 1.03 bits per heavy atom. The van der Waals surface area contributed by atoms with Gasteiger partial charge in [0.1, 0.15) is 23.7 Å². The molecule has 0 bridgehead atoms. The van der Waals surface area contributed by atoms with Crippen molar-refractivity contribution in [1.29, 1.82) is 0 Å². The van der Waals surface area contributed by atoms with Gasteiger partial charge in [-0.05, 0) is 52.7 Å². The van der Waals surface area contributed by atoms with Gasteiger partial charge in [0.05, 0.1) is 13.4 Å². The molecular weight excluding hydrogens is 490 g/mol. The van der Waals surface area contributed by atoms with Crippen LogP contribution in [0.2, 0.25) is 0 Å². The van der Waals surface area contributed by atoms with E-state index < -0.39 is 47.6 Å². The summed E-state index contributed by atoms with van der Waals surface area (Å²) in [5.41, 5.74) is 1.25. The number of hydrogen-bond acceptors (Lipinski definition) is 7. The van der Waals surface area contributed by atoms with Crippen LogP contribution in [0.4, 0.5) is 10.5 Å². The second-order valence-corrected chi connectivity index (χ2v) is 10.5.